The Bertz CT molecular complexity index is 1280. The molecule has 0 aliphatic rings. The van der Waals surface area contributed by atoms with Crippen molar-refractivity contribution >= 4 is 34.5 Å². The molecule has 0 spiro atoms. The number of nitrogens with one attached hydrogen (secondary N) is 1. The van der Waals surface area contributed by atoms with Gasteiger partial charge in [0.25, 0.3) is 5.56 Å². The first-order valence-corrected chi connectivity index (χ1v) is 11.1. The number of thioether (sulfide) groups is 1. The van der Waals surface area contributed by atoms with Crippen molar-refractivity contribution in [1.82, 2.24) is 20.3 Å². The molecule has 1 amide bonds. The van der Waals surface area contributed by atoms with E-state index in [1.165, 1.54) is 12.1 Å². The molecule has 0 fully saturated rings. The lowest BCUT2D eigenvalue weighted by Gasteiger charge is -2.16. The minimum atomic E-state index is -4.81. The van der Waals surface area contributed by atoms with Gasteiger partial charge >= 0.3 is 12.3 Å². The fourth-order valence-corrected chi connectivity index (χ4v) is 4.04. The maximum absolute atomic E-state index is 13.0. The average molecular weight is 511 g/mol. The van der Waals surface area contributed by atoms with E-state index in [0.29, 0.717) is 10.5 Å². The number of aromatic nitrogens is 3. The first kappa shape index (κ1) is 26.0. The molecule has 0 aliphatic heterocycles. The Hall–Kier alpha value is -3.65. The summed E-state index contributed by atoms with van der Waals surface area (Å²) in [5.74, 6) is -2.14. The quantitative estimate of drug-likeness (QED) is 0.367. The van der Waals surface area contributed by atoms with Crippen LogP contribution in [0.2, 0.25) is 0 Å². The normalized spacial score (nSPS) is 13.3. The van der Waals surface area contributed by atoms with Crippen LogP contribution in [-0.2, 0) is 16.1 Å². The Morgan fingerprint density at radius 1 is 1.23 bits per heavy atom. The third kappa shape index (κ3) is 6.93. The van der Waals surface area contributed by atoms with Gasteiger partial charge in [-0.15, -0.1) is 30.0 Å². The van der Waals surface area contributed by atoms with Crippen molar-refractivity contribution in [1.29, 1.82) is 0 Å². The molecule has 35 heavy (non-hydrogen) atoms. The average Bonchev–Trinajstić information content (AvgIpc) is 2.78. The van der Waals surface area contributed by atoms with Gasteiger partial charge in [0.2, 0.25) is 5.91 Å². The molecular formula is C21H20F3N5O5S. The second-order valence-electron chi connectivity index (χ2n) is 7.36. The molecule has 10 nitrogen and oxygen atoms in total. The second kappa shape index (κ2) is 10.7. The summed E-state index contributed by atoms with van der Waals surface area (Å²) in [6.45, 7) is 1.15. The molecule has 14 heteroatoms. The summed E-state index contributed by atoms with van der Waals surface area (Å²) < 4.78 is 41.6. The largest absolute Gasteiger partial charge is 0.573 e. The van der Waals surface area contributed by atoms with Crippen molar-refractivity contribution in [2.45, 2.75) is 36.8 Å². The van der Waals surface area contributed by atoms with Crippen LogP contribution in [0.5, 0.6) is 5.75 Å². The highest BCUT2D eigenvalue weighted by molar-refractivity contribution is 7.99. The molecular weight excluding hydrogens is 491 g/mol. The molecule has 0 bridgehead atoms. The summed E-state index contributed by atoms with van der Waals surface area (Å²) in [5.41, 5.74) is 5.72. The first-order chi connectivity index (χ1) is 16.4. The highest BCUT2D eigenvalue weighted by Gasteiger charge is 2.31. The highest BCUT2D eigenvalue weighted by atomic mass is 32.2. The van der Waals surface area contributed by atoms with Gasteiger partial charge in [0.05, 0.1) is 11.4 Å². The maximum atomic E-state index is 13.0. The number of hydrogen-bond acceptors (Lipinski definition) is 8. The Balaban J connectivity index is 1.72. The minimum absolute atomic E-state index is 0.0149. The monoisotopic (exact) mass is 511 g/mol. The van der Waals surface area contributed by atoms with E-state index in [1.807, 2.05) is 0 Å². The molecule has 4 N–H and O–H groups in total. The van der Waals surface area contributed by atoms with Crippen LogP contribution in [0.4, 0.5) is 13.2 Å². The lowest BCUT2D eigenvalue weighted by molar-refractivity contribution is -0.274. The number of carbonyl (C=O) groups excluding carboxylic acids is 1. The zero-order valence-corrected chi connectivity index (χ0v) is 19.0. The lowest BCUT2D eigenvalue weighted by atomic mass is 10.1. The van der Waals surface area contributed by atoms with Crippen molar-refractivity contribution in [3.8, 4) is 5.75 Å². The van der Waals surface area contributed by atoms with Gasteiger partial charge in [-0.3, -0.25) is 14.4 Å². The molecule has 2 aromatic carbocycles. The van der Waals surface area contributed by atoms with E-state index in [0.717, 1.165) is 28.6 Å². The summed E-state index contributed by atoms with van der Waals surface area (Å²) in [6, 6.07) is 8.09. The van der Waals surface area contributed by atoms with Crippen LogP contribution >= 0.6 is 11.8 Å². The van der Waals surface area contributed by atoms with Crippen LogP contribution in [0, 0.1) is 0 Å². The number of benzene rings is 2. The first-order valence-electron chi connectivity index (χ1n) is 10.1. The van der Waals surface area contributed by atoms with Crippen LogP contribution in [0.1, 0.15) is 18.5 Å². The SMILES string of the molecule is C[C@H](NC(=O)Cn1nnc2cccc(SC[C@H](N)C(=O)O)c2c1=O)c1ccc(OC(F)(F)F)cc1. The zero-order chi connectivity index (χ0) is 25.8. The number of fused-ring (bicyclic) bond motifs is 1. The number of carbonyl (C=O) groups is 2. The smallest absolute Gasteiger partial charge is 0.480 e. The summed E-state index contributed by atoms with van der Waals surface area (Å²) in [5, 5.41) is 19.5. The number of amides is 1. The summed E-state index contributed by atoms with van der Waals surface area (Å²) >= 11 is 1.07. The van der Waals surface area contributed by atoms with E-state index < -0.39 is 48.2 Å². The predicted molar refractivity (Wildman–Crippen MR) is 120 cm³/mol. The fourth-order valence-electron chi connectivity index (χ4n) is 3.03. The maximum Gasteiger partial charge on any atom is 0.573 e. The number of halogens is 3. The van der Waals surface area contributed by atoms with Crippen molar-refractivity contribution in [2.24, 2.45) is 5.73 Å². The van der Waals surface area contributed by atoms with Crippen LogP contribution in [0.25, 0.3) is 10.9 Å². The summed E-state index contributed by atoms with van der Waals surface area (Å²) in [7, 11) is 0. The van der Waals surface area contributed by atoms with E-state index in [9.17, 15) is 27.6 Å². The minimum Gasteiger partial charge on any atom is -0.480 e. The van der Waals surface area contributed by atoms with E-state index >= 15 is 0 Å². The fraction of sp³-hybridized carbons (Fsp3) is 0.286. The number of nitrogens with zero attached hydrogens (tertiary/aromatic N) is 3. The molecule has 1 aromatic heterocycles. The number of carboxylic acids is 1. The van der Waals surface area contributed by atoms with Crippen molar-refractivity contribution in [3.63, 3.8) is 0 Å². The molecule has 0 unspecified atom stereocenters. The van der Waals surface area contributed by atoms with Gasteiger partial charge in [-0.05, 0) is 36.8 Å². The van der Waals surface area contributed by atoms with Gasteiger partial charge < -0.3 is 20.9 Å². The van der Waals surface area contributed by atoms with Gasteiger partial charge in [0, 0.05) is 10.6 Å². The molecule has 3 rings (SSSR count). The van der Waals surface area contributed by atoms with Crippen LogP contribution in [-0.4, -0.2) is 50.1 Å². The van der Waals surface area contributed by atoms with Crippen LogP contribution < -0.4 is 21.3 Å². The summed E-state index contributed by atoms with van der Waals surface area (Å²) in [4.78, 5) is 36.9. The standard InChI is InChI=1S/C21H20F3N5O5S/c1-11(12-5-7-13(8-6-12)34-21(22,23)24)26-17(30)9-29-19(31)18-15(27-28-29)3-2-4-16(18)35-10-14(25)20(32)33/h2-8,11,14H,9-10,25H2,1H3,(H,26,30)(H,32,33)/t11-,14-/m0/s1. The summed E-state index contributed by atoms with van der Waals surface area (Å²) in [6.07, 6.45) is -4.81. The Labute approximate surface area is 200 Å². The van der Waals surface area contributed by atoms with Gasteiger partial charge in [0.1, 0.15) is 23.9 Å². The van der Waals surface area contributed by atoms with Gasteiger partial charge in [0.15, 0.2) is 0 Å². The topological polar surface area (TPSA) is 149 Å². The second-order valence-corrected chi connectivity index (χ2v) is 8.43. The molecule has 0 radical (unpaired) electrons. The van der Waals surface area contributed by atoms with Crippen LogP contribution in [0.3, 0.4) is 0 Å². The molecule has 2 atom stereocenters. The van der Waals surface area contributed by atoms with Crippen LogP contribution in [0.15, 0.2) is 52.2 Å². The van der Waals surface area contributed by atoms with Gasteiger partial charge in [-0.2, -0.15) is 0 Å². The molecule has 3 aromatic rings. The van der Waals surface area contributed by atoms with Gasteiger partial charge in [-0.1, -0.05) is 23.4 Å². The lowest BCUT2D eigenvalue weighted by Crippen LogP contribution is -2.35. The number of alkyl halides is 3. The van der Waals surface area contributed by atoms with Crippen molar-refractivity contribution in [3.05, 3.63) is 58.4 Å². The Morgan fingerprint density at radius 2 is 1.91 bits per heavy atom. The number of aliphatic carboxylic acids is 1. The number of rotatable bonds is 9. The molecule has 186 valence electrons. The zero-order valence-electron chi connectivity index (χ0n) is 18.2. The van der Waals surface area contributed by atoms with Crippen molar-refractivity contribution < 1.29 is 32.6 Å². The Morgan fingerprint density at radius 3 is 2.54 bits per heavy atom. The number of ether oxygens (including phenoxy) is 1. The molecule has 1 heterocycles. The van der Waals surface area contributed by atoms with E-state index in [4.69, 9.17) is 10.8 Å². The molecule has 0 saturated heterocycles. The van der Waals surface area contributed by atoms with Gasteiger partial charge in [-0.25, -0.2) is 4.68 Å². The molecule has 0 aliphatic carbocycles. The Kier molecular flexibility index (Phi) is 7.96. The molecule has 0 saturated carbocycles. The number of carboxylic acid groups (broad SMARTS) is 1. The third-order valence-corrected chi connectivity index (χ3v) is 5.91. The number of nitrogens with two attached hydrogens (primary N) is 1. The third-order valence-electron chi connectivity index (χ3n) is 4.73. The highest BCUT2D eigenvalue weighted by Crippen LogP contribution is 2.25. The van der Waals surface area contributed by atoms with E-state index in [1.54, 1.807) is 25.1 Å². The van der Waals surface area contributed by atoms with E-state index in [-0.39, 0.29) is 16.7 Å². The number of hydrogen-bond donors (Lipinski definition) is 3. The van der Waals surface area contributed by atoms with E-state index in [2.05, 4.69) is 20.4 Å². The predicted octanol–water partition coefficient (Wildman–Crippen LogP) is 2.07. The van der Waals surface area contributed by atoms with Crippen molar-refractivity contribution in [2.75, 3.05) is 5.75 Å².